The Morgan fingerprint density at radius 1 is 1.24 bits per heavy atom. The SMILES string of the molecule is CC(C)=CC(=O)N1CC(Oc2ccc3ccccc3n2)C1. The molecule has 1 amide bonds. The highest BCUT2D eigenvalue weighted by Crippen LogP contribution is 2.20. The predicted molar refractivity (Wildman–Crippen MR) is 82.2 cm³/mol. The van der Waals surface area contributed by atoms with Crippen LogP contribution in [-0.4, -0.2) is 35.0 Å². The number of para-hydroxylation sites is 1. The van der Waals surface area contributed by atoms with Crippen LogP contribution >= 0.6 is 0 Å². The summed E-state index contributed by atoms with van der Waals surface area (Å²) in [6.45, 7) is 5.09. The molecule has 0 radical (unpaired) electrons. The number of pyridine rings is 1. The monoisotopic (exact) mass is 282 g/mol. The summed E-state index contributed by atoms with van der Waals surface area (Å²) in [6, 6.07) is 11.8. The Balaban J connectivity index is 1.61. The van der Waals surface area contributed by atoms with E-state index in [0.29, 0.717) is 19.0 Å². The van der Waals surface area contributed by atoms with Crippen molar-refractivity contribution in [2.24, 2.45) is 0 Å². The molecule has 1 saturated heterocycles. The first kappa shape index (κ1) is 13.6. The quantitative estimate of drug-likeness (QED) is 0.813. The van der Waals surface area contributed by atoms with Crippen LogP contribution in [0.2, 0.25) is 0 Å². The van der Waals surface area contributed by atoms with E-state index in [-0.39, 0.29) is 12.0 Å². The highest BCUT2D eigenvalue weighted by atomic mass is 16.5. The van der Waals surface area contributed by atoms with Crippen molar-refractivity contribution in [1.29, 1.82) is 0 Å². The normalized spacial score (nSPS) is 14.7. The van der Waals surface area contributed by atoms with Crippen molar-refractivity contribution < 1.29 is 9.53 Å². The molecular weight excluding hydrogens is 264 g/mol. The molecule has 4 nitrogen and oxygen atoms in total. The summed E-state index contributed by atoms with van der Waals surface area (Å²) in [5, 5.41) is 1.10. The second-order valence-electron chi connectivity index (χ2n) is 5.55. The Hall–Kier alpha value is -2.36. The fourth-order valence-corrected chi connectivity index (χ4v) is 2.31. The lowest BCUT2D eigenvalue weighted by molar-refractivity contribution is -0.134. The second-order valence-corrected chi connectivity index (χ2v) is 5.55. The van der Waals surface area contributed by atoms with Gasteiger partial charge in [-0.05, 0) is 26.0 Å². The van der Waals surface area contributed by atoms with E-state index in [0.717, 1.165) is 16.5 Å². The minimum absolute atomic E-state index is 0.0353. The number of hydrogen-bond donors (Lipinski definition) is 0. The summed E-state index contributed by atoms with van der Waals surface area (Å²) in [5.41, 5.74) is 1.94. The van der Waals surface area contributed by atoms with E-state index in [1.54, 1.807) is 11.0 Å². The Kier molecular flexibility index (Phi) is 3.60. The molecule has 108 valence electrons. The summed E-state index contributed by atoms with van der Waals surface area (Å²) in [4.78, 5) is 18.0. The van der Waals surface area contributed by atoms with Crippen molar-refractivity contribution in [2.75, 3.05) is 13.1 Å². The Morgan fingerprint density at radius 3 is 2.76 bits per heavy atom. The van der Waals surface area contributed by atoms with Gasteiger partial charge in [-0.25, -0.2) is 4.98 Å². The van der Waals surface area contributed by atoms with Crippen molar-refractivity contribution in [2.45, 2.75) is 20.0 Å². The molecule has 4 heteroatoms. The second kappa shape index (κ2) is 5.56. The molecule has 0 atom stereocenters. The topological polar surface area (TPSA) is 42.4 Å². The number of nitrogens with zero attached hydrogens (tertiary/aromatic N) is 2. The number of rotatable bonds is 3. The predicted octanol–water partition coefficient (Wildman–Crippen LogP) is 2.79. The molecule has 1 aliphatic rings. The van der Waals surface area contributed by atoms with Crippen LogP contribution in [0.1, 0.15) is 13.8 Å². The van der Waals surface area contributed by atoms with Gasteiger partial charge < -0.3 is 9.64 Å². The van der Waals surface area contributed by atoms with Crippen LogP contribution < -0.4 is 4.74 Å². The Morgan fingerprint density at radius 2 is 2.00 bits per heavy atom. The maximum absolute atomic E-state index is 11.8. The van der Waals surface area contributed by atoms with E-state index in [9.17, 15) is 4.79 Å². The van der Waals surface area contributed by atoms with Crippen LogP contribution in [0.25, 0.3) is 10.9 Å². The molecule has 0 N–H and O–H groups in total. The number of likely N-dealkylation sites (tertiary alicyclic amines) is 1. The summed E-state index contributed by atoms with van der Waals surface area (Å²) in [7, 11) is 0. The average Bonchev–Trinajstić information content (AvgIpc) is 2.41. The van der Waals surface area contributed by atoms with Crippen molar-refractivity contribution in [3.05, 3.63) is 48.0 Å². The summed E-state index contributed by atoms with van der Waals surface area (Å²) < 4.78 is 5.82. The van der Waals surface area contributed by atoms with Gasteiger partial charge in [0.05, 0.1) is 18.6 Å². The van der Waals surface area contributed by atoms with Crippen molar-refractivity contribution in [1.82, 2.24) is 9.88 Å². The number of ether oxygens (including phenoxy) is 1. The lowest BCUT2D eigenvalue weighted by Gasteiger charge is -2.38. The van der Waals surface area contributed by atoms with Crippen molar-refractivity contribution in [3.63, 3.8) is 0 Å². The first-order valence-electron chi connectivity index (χ1n) is 7.08. The first-order valence-corrected chi connectivity index (χ1v) is 7.08. The molecule has 0 spiro atoms. The van der Waals surface area contributed by atoms with Gasteiger partial charge in [0.1, 0.15) is 6.10 Å². The standard InChI is InChI=1S/C17H18N2O2/c1-12(2)9-17(20)19-10-14(11-19)21-16-8-7-13-5-3-4-6-15(13)18-16/h3-9,14H,10-11H2,1-2H3. The summed E-state index contributed by atoms with van der Waals surface area (Å²) >= 11 is 0. The molecule has 2 heterocycles. The largest absolute Gasteiger partial charge is 0.471 e. The number of benzene rings is 1. The van der Waals surface area contributed by atoms with Crippen molar-refractivity contribution >= 4 is 16.8 Å². The molecule has 3 rings (SSSR count). The molecule has 1 aliphatic heterocycles. The van der Waals surface area contributed by atoms with Crippen molar-refractivity contribution in [3.8, 4) is 5.88 Å². The number of carbonyl (C=O) groups is 1. The molecule has 0 aliphatic carbocycles. The average molecular weight is 282 g/mol. The van der Waals surface area contributed by atoms with Gasteiger partial charge in [0, 0.05) is 17.5 Å². The zero-order valence-corrected chi connectivity index (χ0v) is 12.2. The molecule has 1 aromatic carbocycles. The first-order chi connectivity index (χ1) is 10.1. The fourth-order valence-electron chi connectivity index (χ4n) is 2.31. The third-order valence-electron chi connectivity index (χ3n) is 3.43. The van der Waals surface area contributed by atoms with Gasteiger partial charge in [-0.2, -0.15) is 0 Å². The minimum atomic E-state index is 0.0353. The van der Waals surface area contributed by atoms with Crippen LogP contribution in [0.15, 0.2) is 48.0 Å². The number of carbonyl (C=O) groups excluding carboxylic acids is 1. The summed E-state index contributed by atoms with van der Waals surface area (Å²) in [5.74, 6) is 0.675. The van der Waals surface area contributed by atoms with E-state index in [1.807, 2.05) is 50.2 Å². The van der Waals surface area contributed by atoms with Gasteiger partial charge in [-0.3, -0.25) is 4.79 Å². The number of hydrogen-bond acceptors (Lipinski definition) is 3. The minimum Gasteiger partial charge on any atom is -0.471 e. The van der Waals surface area contributed by atoms with E-state index < -0.39 is 0 Å². The van der Waals surface area contributed by atoms with Crippen LogP contribution in [-0.2, 0) is 4.79 Å². The molecule has 21 heavy (non-hydrogen) atoms. The third kappa shape index (κ3) is 3.05. The zero-order chi connectivity index (χ0) is 14.8. The molecule has 1 aromatic heterocycles. The lowest BCUT2D eigenvalue weighted by Crippen LogP contribution is -2.55. The van der Waals surface area contributed by atoms with Gasteiger partial charge in [-0.15, -0.1) is 0 Å². The maximum Gasteiger partial charge on any atom is 0.246 e. The van der Waals surface area contributed by atoms with Gasteiger partial charge in [0.15, 0.2) is 0 Å². The maximum atomic E-state index is 11.8. The van der Waals surface area contributed by atoms with Gasteiger partial charge in [0.25, 0.3) is 0 Å². The molecule has 0 unspecified atom stereocenters. The van der Waals surface area contributed by atoms with Crippen LogP contribution in [0.3, 0.4) is 0 Å². The molecular formula is C17H18N2O2. The molecule has 1 fully saturated rings. The van der Waals surface area contributed by atoms with Gasteiger partial charge >= 0.3 is 0 Å². The molecule has 2 aromatic rings. The highest BCUT2D eigenvalue weighted by Gasteiger charge is 2.31. The number of fused-ring (bicyclic) bond motifs is 1. The Bertz CT molecular complexity index is 699. The van der Waals surface area contributed by atoms with E-state index in [4.69, 9.17) is 4.74 Å². The van der Waals surface area contributed by atoms with Crippen LogP contribution in [0.4, 0.5) is 0 Å². The van der Waals surface area contributed by atoms with Gasteiger partial charge in [-0.1, -0.05) is 23.8 Å². The van der Waals surface area contributed by atoms with E-state index in [2.05, 4.69) is 4.98 Å². The van der Waals surface area contributed by atoms with E-state index in [1.165, 1.54) is 0 Å². The van der Waals surface area contributed by atoms with Crippen LogP contribution in [0.5, 0.6) is 5.88 Å². The fraction of sp³-hybridized carbons (Fsp3) is 0.294. The third-order valence-corrected chi connectivity index (χ3v) is 3.43. The number of amides is 1. The van der Waals surface area contributed by atoms with Crippen LogP contribution in [0, 0.1) is 0 Å². The smallest absolute Gasteiger partial charge is 0.246 e. The number of aromatic nitrogens is 1. The summed E-state index contributed by atoms with van der Waals surface area (Å²) in [6.07, 6.45) is 1.69. The number of allylic oxidation sites excluding steroid dienone is 1. The molecule has 0 bridgehead atoms. The molecule has 0 saturated carbocycles. The van der Waals surface area contributed by atoms with E-state index >= 15 is 0 Å². The highest BCUT2D eigenvalue weighted by molar-refractivity contribution is 5.88. The zero-order valence-electron chi connectivity index (χ0n) is 12.2. The lowest BCUT2D eigenvalue weighted by atomic mass is 10.1. The van der Waals surface area contributed by atoms with Gasteiger partial charge in [0.2, 0.25) is 11.8 Å². The Labute approximate surface area is 124 Å².